The van der Waals surface area contributed by atoms with Gasteiger partial charge in [0.25, 0.3) is 5.91 Å². The summed E-state index contributed by atoms with van der Waals surface area (Å²) in [4.78, 5) is 24.3. The number of hydrogen-bond donors (Lipinski definition) is 4. The van der Waals surface area contributed by atoms with Gasteiger partial charge >= 0.3 is 0 Å². The molecule has 148 valence electrons. The van der Waals surface area contributed by atoms with Crippen molar-refractivity contribution in [3.63, 3.8) is 0 Å². The van der Waals surface area contributed by atoms with Crippen molar-refractivity contribution in [3.8, 4) is 5.75 Å². The van der Waals surface area contributed by atoms with Gasteiger partial charge in [0, 0.05) is 31.0 Å². The van der Waals surface area contributed by atoms with Gasteiger partial charge in [0.1, 0.15) is 17.3 Å². The number of nitrogens with one attached hydrogen (secondary N) is 3. The van der Waals surface area contributed by atoms with Crippen LogP contribution < -0.4 is 10.6 Å². The summed E-state index contributed by atoms with van der Waals surface area (Å²) in [5.74, 6) is 0.869. The van der Waals surface area contributed by atoms with Crippen molar-refractivity contribution in [3.05, 3.63) is 76.0 Å². The molecule has 0 aliphatic carbocycles. The quantitative estimate of drug-likeness (QED) is 0.336. The molecule has 2 heterocycles. The van der Waals surface area contributed by atoms with E-state index in [-0.39, 0.29) is 11.7 Å². The highest BCUT2D eigenvalue weighted by Crippen LogP contribution is 2.17. The zero-order valence-electron chi connectivity index (χ0n) is 15.7. The number of aromatic nitrogens is 3. The maximum atomic E-state index is 12.2. The molecule has 4 aromatic rings. The maximum absolute atomic E-state index is 12.2. The molecule has 2 aromatic carbocycles. The van der Waals surface area contributed by atoms with Crippen LogP contribution in [0.15, 0.2) is 53.9 Å². The van der Waals surface area contributed by atoms with Crippen LogP contribution in [0.25, 0.3) is 11.0 Å². The highest BCUT2D eigenvalue weighted by Gasteiger charge is 2.10. The molecule has 0 unspecified atom stereocenters. The lowest BCUT2D eigenvalue weighted by Crippen LogP contribution is -2.23. The number of imidazole rings is 1. The summed E-state index contributed by atoms with van der Waals surface area (Å²) in [6, 6.07) is 14.9. The number of H-pyrrole nitrogens is 1. The second-order valence-corrected chi connectivity index (χ2v) is 7.55. The number of thiazole rings is 1. The Morgan fingerprint density at radius 2 is 1.97 bits per heavy atom. The zero-order valence-corrected chi connectivity index (χ0v) is 16.5. The molecule has 1 amide bonds. The Morgan fingerprint density at radius 1 is 1.10 bits per heavy atom. The topological polar surface area (TPSA) is 103 Å². The van der Waals surface area contributed by atoms with Gasteiger partial charge in [-0.05, 0) is 17.7 Å². The minimum absolute atomic E-state index is 0.158. The fraction of sp³-hybridized carbons (Fsp3) is 0.190. The first-order chi connectivity index (χ1) is 14.2. The third-order valence-electron chi connectivity index (χ3n) is 4.40. The van der Waals surface area contributed by atoms with Crippen molar-refractivity contribution in [2.24, 2.45) is 0 Å². The summed E-state index contributed by atoms with van der Waals surface area (Å²) < 4.78 is 0. The summed E-state index contributed by atoms with van der Waals surface area (Å²) in [6.45, 7) is 1.80. The molecule has 2 aromatic heterocycles. The Morgan fingerprint density at radius 3 is 2.83 bits per heavy atom. The van der Waals surface area contributed by atoms with Crippen LogP contribution in [0.2, 0.25) is 0 Å². The van der Waals surface area contributed by atoms with E-state index in [2.05, 4.69) is 25.6 Å². The van der Waals surface area contributed by atoms with Gasteiger partial charge in [0.05, 0.1) is 22.6 Å². The van der Waals surface area contributed by atoms with Gasteiger partial charge in [-0.15, -0.1) is 11.3 Å². The Bertz CT molecular complexity index is 1110. The van der Waals surface area contributed by atoms with E-state index in [1.54, 1.807) is 23.6 Å². The molecule has 0 saturated heterocycles. The minimum Gasteiger partial charge on any atom is -0.508 e. The number of benzene rings is 2. The molecule has 0 aliphatic rings. The van der Waals surface area contributed by atoms with Gasteiger partial charge in [-0.3, -0.25) is 4.79 Å². The van der Waals surface area contributed by atoms with Crippen molar-refractivity contribution in [2.75, 3.05) is 6.54 Å². The van der Waals surface area contributed by atoms with Crippen LogP contribution in [0.1, 0.15) is 26.9 Å². The highest BCUT2D eigenvalue weighted by molar-refractivity contribution is 7.09. The van der Waals surface area contributed by atoms with E-state index in [0.717, 1.165) is 40.4 Å². The average Bonchev–Trinajstić information content (AvgIpc) is 3.36. The molecule has 29 heavy (non-hydrogen) atoms. The number of fused-ring (bicyclic) bond motifs is 1. The van der Waals surface area contributed by atoms with E-state index < -0.39 is 0 Å². The number of carbonyl (C=O) groups is 1. The molecule has 0 radical (unpaired) electrons. The number of phenols is 1. The Kier molecular flexibility index (Phi) is 5.83. The van der Waals surface area contributed by atoms with Crippen LogP contribution >= 0.6 is 11.3 Å². The van der Waals surface area contributed by atoms with E-state index in [4.69, 9.17) is 0 Å². The molecule has 8 heteroatoms. The van der Waals surface area contributed by atoms with Gasteiger partial charge in [-0.2, -0.15) is 0 Å². The second-order valence-electron chi connectivity index (χ2n) is 6.61. The molecule has 0 saturated carbocycles. The van der Waals surface area contributed by atoms with Crippen molar-refractivity contribution >= 4 is 28.3 Å². The van der Waals surface area contributed by atoms with E-state index in [1.165, 1.54) is 11.3 Å². The third kappa shape index (κ3) is 4.98. The van der Waals surface area contributed by atoms with E-state index in [9.17, 15) is 9.90 Å². The molecule has 4 rings (SSSR count). The van der Waals surface area contributed by atoms with Gasteiger partial charge in [0.2, 0.25) is 0 Å². The average molecular weight is 407 g/mol. The van der Waals surface area contributed by atoms with Gasteiger partial charge < -0.3 is 20.7 Å². The summed E-state index contributed by atoms with van der Waals surface area (Å²) in [6.07, 6.45) is 0.734. The predicted molar refractivity (Wildman–Crippen MR) is 113 cm³/mol. The van der Waals surface area contributed by atoms with Crippen molar-refractivity contribution < 1.29 is 9.90 Å². The summed E-state index contributed by atoms with van der Waals surface area (Å²) in [5, 5.41) is 18.4. The number of aromatic hydroxyl groups is 1. The van der Waals surface area contributed by atoms with Gasteiger partial charge in [-0.25, -0.2) is 9.97 Å². The number of rotatable bonds is 8. The van der Waals surface area contributed by atoms with Crippen LogP contribution in [0.4, 0.5) is 0 Å². The minimum atomic E-state index is -0.158. The summed E-state index contributed by atoms with van der Waals surface area (Å²) in [7, 11) is 0. The normalized spacial score (nSPS) is 11.0. The van der Waals surface area contributed by atoms with Crippen LogP contribution in [-0.2, 0) is 19.5 Å². The first kappa shape index (κ1) is 19.1. The lowest BCUT2D eigenvalue weighted by Gasteiger charge is -2.03. The second kappa shape index (κ2) is 8.85. The van der Waals surface area contributed by atoms with Crippen LogP contribution in [-0.4, -0.2) is 32.5 Å². The zero-order chi connectivity index (χ0) is 20.1. The van der Waals surface area contributed by atoms with Gasteiger partial charge in [-0.1, -0.05) is 30.3 Å². The molecule has 0 aliphatic heterocycles. The number of amides is 1. The fourth-order valence-electron chi connectivity index (χ4n) is 2.94. The van der Waals surface area contributed by atoms with Crippen molar-refractivity contribution in [1.82, 2.24) is 25.6 Å². The molecule has 0 fully saturated rings. The van der Waals surface area contributed by atoms with Crippen LogP contribution in [0.3, 0.4) is 0 Å². The third-order valence-corrected chi connectivity index (χ3v) is 5.31. The Labute approximate surface area is 171 Å². The summed E-state index contributed by atoms with van der Waals surface area (Å²) >= 11 is 1.49. The largest absolute Gasteiger partial charge is 0.508 e. The number of aromatic amines is 1. The maximum Gasteiger partial charge on any atom is 0.271 e. The molecule has 7 nitrogen and oxygen atoms in total. The van der Waals surface area contributed by atoms with E-state index in [0.29, 0.717) is 18.8 Å². The van der Waals surface area contributed by atoms with Crippen LogP contribution in [0.5, 0.6) is 5.75 Å². The molecule has 0 bridgehead atoms. The Balaban J connectivity index is 1.23. The lowest BCUT2D eigenvalue weighted by atomic mass is 10.2. The monoisotopic (exact) mass is 407 g/mol. The number of phenolic OH excluding ortho intramolecular Hbond substituents is 1. The first-order valence-electron chi connectivity index (χ1n) is 9.32. The Hall–Kier alpha value is -3.23. The number of hydrogen-bond acceptors (Lipinski definition) is 6. The molecule has 0 spiro atoms. The van der Waals surface area contributed by atoms with Crippen LogP contribution in [0, 0.1) is 0 Å². The van der Waals surface area contributed by atoms with E-state index in [1.807, 2.05) is 30.3 Å². The van der Waals surface area contributed by atoms with Crippen molar-refractivity contribution in [2.45, 2.75) is 19.5 Å². The molecule has 0 atom stereocenters. The molecular weight excluding hydrogens is 386 g/mol. The smallest absolute Gasteiger partial charge is 0.271 e. The highest BCUT2D eigenvalue weighted by atomic mass is 32.1. The van der Waals surface area contributed by atoms with Crippen molar-refractivity contribution in [1.29, 1.82) is 0 Å². The summed E-state index contributed by atoms with van der Waals surface area (Å²) in [5.41, 5.74) is 3.15. The number of nitrogens with zero attached hydrogens (tertiary/aromatic N) is 2. The molecule has 4 N–H and O–H groups in total. The number of carbonyl (C=O) groups excluding carboxylic acids is 1. The molecular formula is C21H21N5O2S. The first-order valence-corrected chi connectivity index (χ1v) is 10.2. The lowest BCUT2D eigenvalue weighted by molar-refractivity contribution is 0.0946. The fourth-order valence-corrected chi connectivity index (χ4v) is 3.71. The van der Waals surface area contributed by atoms with E-state index >= 15 is 0 Å². The SMILES string of the molecule is O=C(NCc1ccccc1)c1csc(CCNCc2nc3ccc(O)cc3[nH]2)n1. The van der Waals surface area contributed by atoms with Gasteiger partial charge in [0.15, 0.2) is 0 Å². The standard InChI is InChI=1S/C21H21N5O2S/c27-15-6-7-16-17(10-15)25-19(24-16)12-22-9-8-20-26-18(13-29-20)21(28)23-11-14-4-2-1-3-5-14/h1-7,10,13,22,27H,8-9,11-12H2,(H,23,28)(H,24,25). The predicted octanol–water partition coefficient (Wildman–Crippen LogP) is 2.99.